The van der Waals surface area contributed by atoms with E-state index in [0.29, 0.717) is 5.82 Å². The molecule has 0 bridgehead atoms. The predicted molar refractivity (Wildman–Crippen MR) is 46.6 cm³/mol. The molecule has 3 nitrogen and oxygen atoms in total. The summed E-state index contributed by atoms with van der Waals surface area (Å²) < 4.78 is 5.25. The number of rotatable bonds is 0. The lowest BCUT2D eigenvalue weighted by molar-refractivity contribution is 1.32. The number of fused-ring (bicyclic) bond motifs is 1. The molecule has 0 aliphatic rings. The maximum absolute atomic E-state index is 5.52. The quantitative estimate of drug-likeness (QED) is 0.644. The minimum absolute atomic E-state index is 0.556. The Labute approximate surface area is 68.0 Å². The molecule has 4 heteroatoms. The molecule has 0 unspecified atom stereocenters. The third-order valence-electron chi connectivity index (χ3n) is 1.50. The van der Waals surface area contributed by atoms with Crippen LogP contribution >= 0.6 is 11.5 Å². The summed E-state index contributed by atoms with van der Waals surface area (Å²) in [6.07, 6.45) is 0. The van der Waals surface area contributed by atoms with Crippen LogP contribution in [0.25, 0.3) is 10.2 Å². The number of hydrogen-bond acceptors (Lipinski definition) is 4. The van der Waals surface area contributed by atoms with Crippen LogP contribution in [0, 0.1) is 6.92 Å². The van der Waals surface area contributed by atoms with E-state index in [9.17, 15) is 0 Å². The van der Waals surface area contributed by atoms with E-state index in [0.717, 1.165) is 15.9 Å². The fourth-order valence-electron chi connectivity index (χ4n) is 0.955. The van der Waals surface area contributed by atoms with Gasteiger partial charge in [0.2, 0.25) is 0 Å². The lowest BCUT2D eigenvalue weighted by Crippen LogP contribution is -1.88. The van der Waals surface area contributed by atoms with Crippen molar-refractivity contribution in [3.05, 3.63) is 17.8 Å². The lowest BCUT2D eigenvalue weighted by atomic mass is 10.3. The minimum Gasteiger partial charge on any atom is -0.384 e. The van der Waals surface area contributed by atoms with Gasteiger partial charge in [-0.05, 0) is 30.6 Å². The summed E-state index contributed by atoms with van der Waals surface area (Å²) in [4.78, 5) is 4.16. The number of pyridine rings is 1. The van der Waals surface area contributed by atoms with Crippen LogP contribution in [-0.2, 0) is 0 Å². The molecular weight excluding hydrogens is 158 g/mol. The molecule has 2 aromatic rings. The summed E-state index contributed by atoms with van der Waals surface area (Å²) in [5.74, 6) is 0.556. The van der Waals surface area contributed by atoms with Gasteiger partial charge in [-0.15, -0.1) is 0 Å². The van der Waals surface area contributed by atoms with E-state index in [1.54, 1.807) is 6.07 Å². The van der Waals surface area contributed by atoms with Gasteiger partial charge in [0.05, 0.1) is 10.4 Å². The van der Waals surface area contributed by atoms with E-state index in [-0.39, 0.29) is 0 Å². The van der Waals surface area contributed by atoms with E-state index in [1.165, 1.54) is 11.5 Å². The summed E-state index contributed by atoms with van der Waals surface area (Å²) in [7, 11) is 0. The average Bonchev–Trinajstić information content (AvgIpc) is 2.33. The maximum atomic E-state index is 5.52. The van der Waals surface area contributed by atoms with Gasteiger partial charge in [0, 0.05) is 0 Å². The van der Waals surface area contributed by atoms with Crippen molar-refractivity contribution < 1.29 is 0 Å². The van der Waals surface area contributed by atoms with Gasteiger partial charge in [0.1, 0.15) is 11.3 Å². The highest BCUT2D eigenvalue weighted by atomic mass is 32.1. The van der Waals surface area contributed by atoms with Crippen molar-refractivity contribution in [3.63, 3.8) is 0 Å². The number of nitrogens with zero attached hydrogens (tertiary/aromatic N) is 2. The Hall–Kier alpha value is -1.16. The van der Waals surface area contributed by atoms with Gasteiger partial charge in [-0.3, -0.25) is 0 Å². The van der Waals surface area contributed by atoms with Gasteiger partial charge in [0.25, 0.3) is 0 Å². The molecular formula is C7H7N3S. The first kappa shape index (κ1) is 6.54. The summed E-state index contributed by atoms with van der Waals surface area (Å²) in [5.41, 5.74) is 7.40. The highest BCUT2D eigenvalue weighted by Gasteiger charge is 2.01. The van der Waals surface area contributed by atoms with Gasteiger partial charge in [-0.1, -0.05) is 0 Å². The smallest absolute Gasteiger partial charge is 0.124 e. The molecule has 0 aliphatic heterocycles. The van der Waals surface area contributed by atoms with E-state index in [4.69, 9.17) is 5.73 Å². The van der Waals surface area contributed by atoms with Crippen LogP contribution in [0.1, 0.15) is 5.69 Å². The van der Waals surface area contributed by atoms with Gasteiger partial charge in [-0.25, -0.2) is 4.98 Å². The average molecular weight is 165 g/mol. The van der Waals surface area contributed by atoms with Crippen molar-refractivity contribution in [2.45, 2.75) is 6.92 Å². The third kappa shape index (κ3) is 0.952. The number of aryl methyl sites for hydroxylation is 1. The topological polar surface area (TPSA) is 51.8 Å². The molecule has 0 saturated heterocycles. The van der Waals surface area contributed by atoms with E-state index < -0.39 is 0 Å². The second kappa shape index (κ2) is 2.17. The fraction of sp³-hybridized carbons (Fsp3) is 0.143. The van der Waals surface area contributed by atoms with E-state index in [1.807, 2.05) is 13.0 Å². The Morgan fingerprint density at radius 2 is 2.27 bits per heavy atom. The van der Waals surface area contributed by atoms with Crippen LogP contribution < -0.4 is 5.73 Å². The molecule has 2 rings (SSSR count). The highest BCUT2D eigenvalue weighted by Crippen LogP contribution is 2.20. The van der Waals surface area contributed by atoms with Crippen molar-refractivity contribution in [1.29, 1.82) is 0 Å². The van der Waals surface area contributed by atoms with Gasteiger partial charge in [-0.2, -0.15) is 4.37 Å². The predicted octanol–water partition coefficient (Wildman–Crippen LogP) is 1.58. The van der Waals surface area contributed by atoms with Crippen molar-refractivity contribution in [2.75, 3.05) is 5.73 Å². The monoisotopic (exact) mass is 165 g/mol. The normalized spacial score (nSPS) is 10.6. The molecule has 11 heavy (non-hydrogen) atoms. The van der Waals surface area contributed by atoms with E-state index in [2.05, 4.69) is 9.36 Å². The summed E-state index contributed by atoms with van der Waals surface area (Å²) in [5, 5.41) is 0. The van der Waals surface area contributed by atoms with Crippen LogP contribution in [0.2, 0.25) is 0 Å². The van der Waals surface area contributed by atoms with Crippen molar-refractivity contribution in [2.24, 2.45) is 0 Å². The fourth-order valence-corrected chi connectivity index (χ4v) is 1.69. The molecule has 0 aromatic carbocycles. The van der Waals surface area contributed by atoms with Crippen LogP contribution in [-0.4, -0.2) is 9.36 Å². The molecule has 2 heterocycles. The Kier molecular flexibility index (Phi) is 1.29. The lowest BCUT2D eigenvalue weighted by Gasteiger charge is -1.90. The second-order valence-corrected chi connectivity index (χ2v) is 3.16. The molecule has 56 valence electrons. The molecule has 0 spiro atoms. The molecule has 0 atom stereocenters. The Morgan fingerprint density at radius 3 is 3.09 bits per heavy atom. The first-order valence-corrected chi connectivity index (χ1v) is 4.03. The van der Waals surface area contributed by atoms with Crippen molar-refractivity contribution in [1.82, 2.24) is 9.36 Å². The number of hydrogen-bond donors (Lipinski definition) is 1. The second-order valence-electron chi connectivity index (χ2n) is 2.35. The molecule has 0 saturated carbocycles. The zero-order valence-corrected chi connectivity index (χ0v) is 6.85. The maximum Gasteiger partial charge on any atom is 0.124 e. The molecule has 0 radical (unpaired) electrons. The van der Waals surface area contributed by atoms with Crippen molar-refractivity contribution >= 4 is 27.6 Å². The molecule has 0 aliphatic carbocycles. The Bertz CT molecular complexity index is 393. The Morgan fingerprint density at radius 1 is 1.45 bits per heavy atom. The molecule has 0 fully saturated rings. The molecule has 2 aromatic heterocycles. The molecule has 0 amide bonds. The summed E-state index contributed by atoms with van der Waals surface area (Å²) in [6, 6.07) is 3.74. The first-order valence-electron chi connectivity index (χ1n) is 3.26. The van der Waals surface area contributed by atoms with Crippen LogP contribution in [0.3, 0.4) is 0 Å². The van der Waals surface area contributed by atoms with Gasteiger partial charge in [0.15, 0.2) is 0 Å². The van der Waals surface area contributed by atoms with Crippen LogP contribution in [0.15, 0.2) is 12.1 Å². The highest BCUT2D eigenvalue weighted by molar-refractivity contribution is 7.13. The zero-order valence-electron chi connectivity index (χ0n) is 6.03. The first-order chi connectivity index (χ1) is 5.27. The SMILES string of the molecule is Cc1nsc2ccc(N)nc12. The number of anilines is 1. The van der Waals surface area contributed by atoms with Crippen LogP contribution in [0.4, 0.5) is 5.82 Å². The number of nitrogen functional groups attached to an aromatic ring is 1. The number of nitrogens with two attached hydrogens (primary N) is 1. The minimum atomic E-state index is 0.556. The number of aromatic nitrogens is 2. The standard InChI is InChI=1S/C7H7N3S/c1-4-7-5(11-10-4)2-3-6(8)9-7/h2-3H,1H3,(H2,8,9). The Balaban J connectivity index is 2.87. The summed E-state index contributed by atoms with van der Waals surface area (Å²) in [6.45, 7) is 1.94. The summed E-state index contributed by atoms with van der Waals surface area (Å²) >= 11 is 1.45. The largest absolute Gasteiger partial charge is 0.384 e. The molecule has 2 N–H and O–H groups in total. The zero-order chi connectivity index (χ0) is 7.84. The van der Waals surface area contributed by atoms with Crippen molar-refractivity contribution in [3.8, 4) is 0 Å². The van der Waals surface area contributed by atoms with Gasteiger partial charge >= 0.3 is 0 Å². The van der Waals surface area contributed by atoms with Gasteiger partial charge < -0.3 is 5.73 Å². The third-order valence-corrected chi connectivity index (χ3v) is 2.39. The van der Waals surface area contributed by atoms with E-state index >= 15 is 0 Å². The van der Waals surface area contributed by atoms with Crippen LogP contribution in [0.5, 0.6) is 0 Å².